The summed E-state index contributed by atoms with van der Waals surface area (Å²) in [6, 6.07) is 5.42. The first-order valence-corrected chi connectivity index (χ1v) is 5.09. The molecule has 0 bridgehead atoms. The van der Waals surface area contributed by atoms with E-state index in [0.29, 0.717) is 0 Å². The normalized spacial score (nSPS) is 11.1. The number of hydrogen-bond acceptors (Lipinski definition) is 3. The number of anilines is 1. The predicted octanol–water partition coefficient (Wildman–Crippen LogP) is 1.85. The number of carbonyl (C=O) groups is 1. The Hall–Kier alpha value is -1.55. The van der Waals surface area contributed by atoms with Crippen LogP contribution in [0.15, 0.2) is 18.2 Å². The van der Waals surface area contributed by atoms with Gasteiger partial charge in [-0.2, -0.15) is 0 Å². The molecule has 0 saturated carbocycles. The molecule has 0 heterocycles. The van der Waals surface area contributed by atoms with Gasteiger partial charge in [-0.25, -0.2) is 0 Å². The second-order valence-electron chi connectivity index (χ2n) is 4.32. The van der Waals surface area contributed by atoms with E-state index in [4.69, 9.17) is 10.5 Å². The third-order valence-electron chi connectivity index (χ3n) is 2.21. The van der Waals surface area contributed by atoms with Crippen molar-refractivity contribution in [3.63, 3.8) is 0 Å². The average molecular weight is 222 g/mol. The molecule has 1 rings (SSSR count). The van der Waals surface area contributed by atoms with Gasteiger partial charge >= 0.3 is 0 Å². The lowest BCUT2D eigenvalue weighted by Gasteiger charge is -2.22. The number of nitrogens with two attached hydrogens (primary N) is 1. The van der Waals surface area contributed by atoms with E-state index in [0.717, 1.165) is 17.0 Å². The SMILES string of the molecule is COc1ccc(NC(C)=O)cc1C(C)(C)N. The van der Waals surface area contributed by atoms with Crippen molar-refractivity contribution in [1.29, 1.82) is 0 Å². The molecule has 3 N–H and O–H groups in total. The van der Waals surface area contributed by atoms with E-state index in [-0.39, 0.29) is 5.91 Å². The van der Waals surface area contributed by atoms with E-state index in [1.807, 2.05) is 19.9 Å². The molecule has 16 heavy (non-hydrogen) atoms. The van der Waals surface area contributed by atoms with Crippen LogP contribution in [0.3, 0.4) is 0 Å². The van der Waals surface area contributed by atoms with Gasteiger partial charge in [0.05, 0.1) is 7.11 Å². The molecule has 0 unspecified atom stereocenters. The highest BCUT2D eigenvalue weighted by atomic mass is 16.5. The molecular formula is C12H18N2O2. The number of benzene rings is 1. The van der Waals surface area contributed by atoms with Crippen molar-refractivity contribution >= 4 is 11.6 Å². The van der Waals surface area contributed by atoms with Crippen molar-refractivity contribution in [3.05, 3.63) is 23.8 Å². The lowest BCUT2D eigenvalue weighted by atomic mass is 9.94. The molecule has 0 atom stereocenters. The summed E-state index contributed by atoms with van der Waals surface area (Å²) in [5.74, 6) is 0.618. The van der Waals surface area contributed by atoms with Gasteiger partial charge in [0.25, 0.3) is 0 Å². The molecule has 1 amide bonds. The monoisotopic (exact) mass is 222 g/mol. The Balaban J connectivity index is 3.16. The van der Waals surface area contributed by atoms with E-state index in [2.05, 4.69) is 5.32 Å². The smallest absolute Gasteiger partial charge is 0.221 e. The average Bonchev–Trinajstić information content (AvgIpc) is 2.15. The van der Waals surface area contributed by atoms with Crippen LogP contribution >= 0.6 is 0 Å². The van der Waals surface area contributed by atoms with Crippen molar-refractivity contribution in [2.75, 3.05) is 12.4 Å². The molecule has 0 aromatic heterocycles. The van der Waals surface area contributed by atoms with Crippen LogP contribution in [-0.4, -0.2) is 13.0 Å². The maximum Gasteiger partial charge on any atom is 0.221 e. The minimum Gasteiger partial charge on any atom is -0.496 e. The Bertz CT molecular complexity index is 394. The number of ether oxygens (including phenoxy) is 1. The van der Waals surface area contributed by atoms with Crippen LogP contribution in [0.5, 0.6) is 5.75 Å². The molecule has 1 aromatic carbocycles. The summed E-state index contributed by atoms with van der Waals surface area (Å²) in [6.07, 6.45) is 0. The van der Waals surface area contributed by atoms with E-state index in [1.54, 1.807) is 19.2 Å². The number of methoxy groups -OCH3 is 1. The lowest BCUT2D eigenvalue weighted by molar-refractivity contribution is -0.114. The van der Waals surface area contributed by atoms with Gasteiger partial charge in [0.1, 0.15) is 5.75 Å². The van der Waals surface area contributed by atoms with Crippen LogP contribution in [0, 0.1) is 0 Å². The van der Waals surface area contributed by atoms with E-state index < -0.39 is 5.54 Å². The highest BCUT2D eigenvalue weighted by Crippen LogP contribution is 2.30. The third kappa shape index (κ3) is 2.97. The maximum absolute atomic E-state index is 11.0. The summed E-state index contributed by atoms with van der Waals surface area (Å²) < 4.78 is 5.24. The first kappa shape index (κ1) is 12.5. The van der Waals surface area contributed by atoms with E-state index in [1.165, 1.54) is 6.92 Å². The van der Waals surface area contributed by atoms with Crippen LogP contribution < -0.4 is 15.8 Å². The number of amides is 1. The zero-order valence-corrected chi connectivity index (χ0v) is 10.1. The first-order chi connectivity index (χ1) is 7.34. The molecule has 0 spiro atoms. The molecule has 0 radical (unpaired) electrons. The van der Waals surface area contributed by atoms with Crippen molar-refractivity contribution in [2.45, 2.75) is 26.3 Å². The molecule has 0 aliphatic carbocycles. The molecular weight excluding hydrogens is 204 g/mol. The van der Waals surface area contributed by atoms with Crippen LogP contribution in [0.2, 0.25) is 0 Å². The first-order valence-electron chi connectivity index (χ1n) is 5.09. The molecule has 0 fully saturated rings. The van der Waals surface area contributed by atoms with Gasteiger partial charge in [-0.1, -0.05) is 0 Å². The van der Waals surface area contributed by atoms with Crippen molar-refractivity contribution in [1.82, 2.24) is 0 Å². The van der Waals surface area contributed by atoms with Gasteiger partial charge in [0.2, 0.25) is 5.91 Å². The number of nitrogens with one attached hydrogen (secondary N) is 1. The van der Waals surface area contributed by atoms with Gasteiger partial charge in [0.15, 0.2) is 0 Å². The fourth-order valence-corrected chi connectivity index (χ4v) is 1.49. The Morgan fingerprint density at radius 3 is 2.50 bits per heavy atom. The van der Waals surface area contributed by atoms with Gasteiger partial charge in [-0.15, -0.1) is 0 Å². The third-order valence-corrected chi connectivity index (χ3v) is 2.21. The fraction of sp³-hybridized carbons (Fsp3) is 0.417. The summed E-state index contributed by atoms with van der Waals surface area (Å²) in [5.41, 5.74) is 7.11. The fourth-order valence-electron chi connectivity index (χ4n) is 1.49. The van der Waals surface area contributed by atoms with Crippen LogP contribution in [0.4, 0.5) is 5.69 Å². The van der Waals surface area contributed by atoms with Gasteiger partial charge in [-0.05, 0) is 32.0 Å². The van der Waals surface area contributed by atoms with Gasteiger partial charge in [-0.3, -0.25) is 4.79 Å². The Labute approximate surface area is 95.8 Å². The van der Waals surface area contributed by atoms with Crippen molar-refractivity contribution < 1.29 is 9.53 Å². The molecule has 0 aliphatic heterocycles. The largest absolute Gasteiger partial charge is 0.496 e. The maximum atomic E-state index is 11.0. The van der Waals surface area contributed by atoms with Crippen LogP contribution in [-0.2, 0) is 10.3 Å². The van der Waals surface area contributed by atoms with Crippen LogP contribution in [0.1, 0.15) is 26.3 Å². The van der Waals surface area contributed by atoms with E-state index >= 15 is 0 Å². The van der Waals surface area contributed by atoms with Gasteiger partial charge in [0, 0.05) is 23.7 Å². The Morgan fingerprint density at radius 2 is 2.06 bits per heavy atom. The Morgan fingerprint density at radius 1 is 1.44 bits per heavy atom. The highest BCUT2D eigenvalue weighted by molar-refractivity contribution is 5.88. The summed E-state index contributed by atoms with van der Waals surface area (Å²) in [7, 11) is 1.60. The van der Waals surface area contributed by atoms with Crippen molar-refractivity contribution in [3.8, 4) is 5.75 Å². The lowest BCUT2D eigenvalue weighted by Crippen LogP contribution is -2.29. The molecule has 4 heteroatoms. The van der Waals surface area contributed by atoms with Gasteiger partial charge < -0.3 is 15.8 Å². The second kappa shape index (κ2) is 4.53. The van der Waals surface area contributed by atoms with Crippen LogP contribution in [0.25, 0.3) is 0 Å². The zero-order chi connectivity index (χ0) is 12.3. The molecule has 0 aliphatic rings. The summed E-state index contributed by atoms with van der Waals surface area (Å²) in [4.78, 5) is 11.0. The molecule has 4 nitrogen and oxygen atoms in total. The predicted molar refractivity (Wildman–Crippen MR) is 64.5 cm³/mol. The standard InChI is InChI=1S/C12H18N2O2/c1-8(15)14-9-5-6-11(16-4)10(7-9)12(2,3)13/h5-7H,13H2,1-4H3,(H,14,15). The highest BCUT2D eigenvalue weighted by Gasteiger charge is 2.19. The Kier molecular flexibility index (Phi) is 3.55. The molecule has 1 aromatic rings. The van der Waals surface area contributed by atoms with Crippen molar-refractivity contribution in [2.24, 2.45) is 5.73 Å². The van der Waals surface area contributed by atoms with E-state index in [9.17, 15) is 4.79 Å². The zero-order valence-electron chi connectivity index (χ0n) is 10.1. The number of rotatable bonds is 3. The minimum absolute atomic E-state index is 0.106. The molecule has 88 valence electrons. The number of hydrogen-bond donors (Lipinski definition) is 2. The summed E-state index contributed by atoms with van der Waals surface area (Å²) in [5, 5.41) is 2.72. The quantitative estimate of drug-likeness (QED) is 0.820. The topological polar surface area (TPSA) is 64.3 Å². The minimum atomic E-state index is -0.514. The molecule has 0 saturated heterocycles. The second-order valence-corrected chi connectivity index (χ2v) is 4.32. The number of carbonyl (C=O) groups excluding carboxylic acids is 1. The summed E-state index contributed by atoms with van der Waals surface area (Å²) >= 11 is 0. The summed E-state index contributed by atoms with van der Waals surface area (Å²) in [6.45, 7) is 5.25.